The van der Waals surface area contributed by atoms with Gasteiger partial charge in [0, 0.05) is 48.1 Å². The van der Waals surface area contributed by atoms with Gasteiger partial charge in [0.1, 0.15) is 0 Å². The summed E-state index contributed by atoms with van der Waals surface area (Å²) in [4.78, 5) is 2.49. The molecule has 0 radical (unpaired) electrons. The number of hydrogen-bond donors (Lipinski definition) is 0. The molecule has 0 amide bonds. The van der Waals surface area contributed by atoms with Gasteiger partial charge in [0.15, 0.2) is 0 Å². The van der Waals surface area contributed by atoms with E-state index in [1.807, 2.05) is 11.3 Å². The fourth-order valence-electron chi connectivity index (χ4n) is 9.68. The standard InChI is InChI=1S/C51H43NS/c1-50(2)45-30-28-39(33-44(45)49-41(20-14-21-46(49)50)35-15-6-3-7-16-35)52(40-27-29-43-42-19-10-11-22-47(42)53-48(43)34-40)38-25-23-37(24-26-38)51(31-12-5-13-32-51)36-17-8-4-9-18-36/h3-4,6-11,14-30,33-34H,5,12-13,31-32H2,1-2H3. The predicted octanol–water partition coefficient (Wildman–Crippen LogP) is 14.7. The molecule has 53 heavy (non-hydrogen) atoms. The van der Waals surface area contributed by atoms with E-state index in [9.17, 15) is 0 Å². The maximum Gasteiger partial charge on any atom is 0.0476 e. The molecular weight excluding hydrogens is 659 g/mol. The third-order valence-corrected chi connectivity index (χ3v) is 13.5. The summed E-state index contributed by atoms with van der Waals surface area (Å²) in [5.41, 5.74) is 14.4. The fraction of sp³-hybridized carbons (Fsp3) is 0.176. The molecular formula is C51H43NS. The van der Waals surface area contributed by atoms with Crippen LogP contribution >= 0.6 is 11.3 Å². The predicted molar refractivity (Wildman–Crippen MR) is 227 cm³/mol. The molecule has 2 aliphatic rings. The van der Waals surface area contributed by atoms with E-state index in [-0.39, 0.29) is 10.8 Å². The van der Waals surface area contributed by atoms with Gasteiger partial charge in [-0.1, -0.05) is 154 Å². The van der Waals surface area contributed by atoms with Gasteiger partial charge in [-0.2, -0.15) is 0 Å². The Morgan fingerprint density at radius 2 is 1.11 bits per heavy atom. The van der Waals surface area contributed by atoms with Crippen LogP contribution in [0.2, 0.25) is 0 Å². The molecule has 1 fully saturated rings. The van der Waals surface area contributed by atoms with Crippen LogP contribution < -0.4 is 4.90 Å². The van der Waals surface area contributed by atoms with Crippen molar-refractivity contribution in [3.05, 3.63) is 186 Å². The summed E-state index contributed by atoms with van der Waals surface area (Å²) >= 11 is 1.89. The molecule has 0 atom stereocenters. The molecule has 1 heterocycles. The van der Waals surface area contributed by atoms with Crippen molar-refractivity contribution in [1.82, 2.24) is 0 Å². The molecule has 7 aromatic carbocycles. The van der Waals surface area contributed by atoms with E-state index in [2.05, 4.69) is 183 Å². The molecule has 2 heteroatoms. The van der Waals surface area contributed by atoms with Gasteiger partial charge in [-0.15, -0.1) is 11.3 Å². The monoisotopic (exact) mass is 701 g/mol. The smallest absolute Gasteiger partial charge is 0.0476 e. The molecule has 1 nitrogen and oxygen atoms in total. The summed E-state index contributed by atoms with van der Waals surface area (Å²) in [5, 5.41) is 2.65. The van der Waals surface area contributed by atoms with Crippen molar-refractivity contribution < 1.29 is 0 Å². The van der Waals surface area contributed by atoms with Crippen LogP contribution in [0.3, 0.4) is 0 Å². The lowest BCUT2D eigenvalue weighted by Gasteiger charge is -2.39. The van der Waals surface area contributed by atoms with Crippen LogP contribution in [0, 0.1) is 0 Å². The molecule has 2 aliphatic carbocycles. The van der Waals surface area contributed by atoms with Crippen LogP contribution in [0.25, 0.3) is 42.4 Å². The summed E-state index contributed by atoms with van der Waals surface area (Å²) in [6, 6.07) is 61.7. The first kappa shape index (κ1) is 32.2. The van der Waals surface area contributed by atoms with Crippen LogP contribution in [0.4, 0.5) is 17.1 Å². The number of thiophene rings is 1. The number of hydrogen-bond acceptors (Lipinski definition) is 2. The molecule has 1 saturated carbocycles. The van der Waals surface area contributed by atoms with Crippen molar-refractivity contribution in [1.29, 1.82) is 0 Å². The average molecular weight is 702 g/mol. The van der Waals surface area contributed by atoms with Gasteiger partial charge < -0.3 is 4.90 Å². The Labute approximate surface area is 317 Å². The highest BCUT2D eigenvalue weighted by Gasteiger charge is 2.38. The van der Waals surface area contributed by atoms with E-state index in [4.69, 9.17) is 0 Å². The third-order valence-electron chi connectivity index (χ3n) is 12.4. The van der Waals surface area contributed by atoms with Crippen molar-refractivity contribution in [2.24, 2.45) is 0 Å². The van der Waals surface area contributed by atoms with Gasteiger partial charge in [-0.3, -0.25) is 0 Å². The van der Waals surface area contributed by atoms with E-state index in [0.717, 1.165) is 0 Å². The van der Waals surface area contributed by atoms with Gasteiger partial charge in [-0.25, -0.2) is 0 Å². The Hall–Kier alpha value is -5.44. The van der Waals surface area contributed by atoms with Gasteiger partial charge in [-0.05, 0) is 99.8 Å². The maximum absolute atomic E-state index is 2.49. The summed E-state index contributed by atoms with van der Waals surface area (Å²) < 4.78 is 2.65. The van der Waals surface area contributed by atoms with E-state index in [1.54, 1.807) is 0 Å². The lowest BCUT2D eigenvalue weighted by molar-refractivity contribution is 0.346. The van der Waals surface area contributed by atoms with Gasteiger partial charge in [0.2, 0.25) is 0 Å². The van der Waals surface area contributed by atoms with Gasteiger partial charge in [0.25, 0.3) is 0 Å². The second-order valence-electron chi connectivity index (χ2n) is 15.6. The minimum absolute atomic E-state index is 0.0650. The largest absolute Gasteiger partial charge is 0.310 e. The first-order valence-electron chi connectivity index (χ1n) is 19.2. The van der Waals surface area contributed by atoms with Crippen LogP contribution in [0.15, 0.2) is 164 Å². The van der Waals surface area contributed by atoms with E-state index in [0.29, 0.717) is 0 Å². The number of fused-ring (bicyclic) bond motifs is 6. The first-order valence-corrected chi connectivity index (χ1v) is 20.0. The fourth-order valence-corrected chi connectivity index (χ4v) is 10.8. The van der Waals surface area contributed by atoms with Crippen molar-refractivity contribution in [2.45, 2.75) is 56.8 Å². The highest BCUT2D eigenvalue weighted by atomic mass is 32.1. The molecule has 258 valence electrons. The minimum atomic E-state index is -0.0950. The zero-order chi connectivity index (χ0) is 35.6. The zero-order valence-corrected chi connectivity index (χ0v) is 31.3. The van der Waals surface area contributed by atoms with Crippen LogP contribution in [-0.4, -0.2) is 0 Å². The lowest BCUT2D eigenvalue weighted by atomic mass is 9.65. The van der Waals surface area contributed by atoms with E-state index in [1.165, 1.54) is 114 Å². The summed E-state index contributed by atoms with van der Waals surface area (Å²) in [6.07, 6.45) is 6.27. The number of anilines is 3. The normalized spacial score (nSPS) is 15.7. The second kappa shape index (κ2) is 12.6. The Morgan fingerprint density at radius 3 is 1.91 bits per heavy atom. The first-order chi connectivity index (χ1) is 26.0. The zero-order valence-electron chi connectivity index (χ0n) is 30.5. The maximum atomic E-state index is 2.49. The van der Waals surface area contributed by atoms with Crippen LogP contribution in [-0.2, 0) is 10.8 Å². The van der Waals surface area contributed by atoms with E-state index < -0.39 is 0 Å². The van der Waals surface area contributed by atoms with Crippen molar-refractivity contribution >= 4 is 48.6 Å². The van der Waals surface area contributed by atoms with Crippen molar-refractivity contribution in [2.75, 3.05) is 4.90 Å². The summed E-state index contributed by atoms with van der Waals surface area (Å²) in [7, 11) is 0. The molecule has 8 aromatic rings. The Morgan fingerprint density at radius 1 is 0.472 bits per heavy atom. The molecule has 0 N–H and O–H groups in total. The van der Waals surface area contributed by atoms with Crippen molar-refractivity contribution in [3.8, 4) is 22.3 Å². The topological polar surface area (TPSA) is 3.24 Å². The lowest BCUT2D eigenvalue weighted by Crippen LogP contribution is -2.30. The molecule has 0 aliphatic heterocycles. The second-order valence-corrected chi connectivity index (χ2v) is 16.7. The van der Waals surface area contributed by atoms with Crippen LogP contribution in [0.1, 0.15) is 68.2 Å². The van der Waals surface area contributed by atoms with Gasteiger partial charge in [0.05, 0.1) is 0 Å². The highest BCUT2D eigenvalue weighted by Crippen LogP contribution is 2.54. The van der Waals surface area contributed by atoms with Crippen LogP contribution in [0.5, 0.6) is 0 Å². The summed E-state index contributed by atoms with van der Waals surface area (Å²) in [5.74, 6) is 0. The Kier molecular flexibility index (Phi) is 7.67. The SMILES string of the molecule is CC1(C)c2ccc(N(c3ccc(C4(c5ccccc5)CCCCC4)cc3)c3ccc4c(c3)sc3ccccc34)cc2-c2c(-c3ccccc3)cccc21. The summed E-state index contributed by atoms with van der Waals surface area (Å²) in [6.45, 7) is 4.76. The molecule has 1 aromatic heterocycles. The molecule has 0 spiro atoms. The quantitative estimate of drug-likeness (QED) is 0.167. The van der Waals surface area contributed by atoms with E-state index >= 15 is 0 Å². The minimum Gasteiger partial charge on any atom is -0.310 e. The Bertz CT molecular complexity index is 2610. The Balaban J connectivity index is 1.15. The van der Waals surface area contributed by atoms with Crippen molar-refractivity contribution in [3.63, 3.8) is 0 Å². The molecule has 0 bridgehead atoms. The third kappa shape index (κ3) is 5.18. The number of rotatable bonds is 6. The molecule has 0 saturated heterocycles. The molecule has 0 unspecified atom stereocenters. The van der Waals surface area contributed by atoms with Gasteiger partial charge >= 0.3 is 0 Å². The molecule has 10 rings (SSSR count). The number of nitrogens with zero attached hydrogens (tertiary/aromatic N) is 1. The number of benzene rings is 7. The average Bonchev–Trinajstić information content (AvgIpc) is 3.70. The highest BCUT2D eigenvalue weighted by molar-refractivity contribution is 7.25.